The summed E-state index contributed by atoms with van der Waals surface area (Å²) < 4.78 is 4.78. The minimum Gasteiger partial charge on any atom is -0.469 e. The first-order chi connectivity index (χ1) is 7.17. The topological polar surface area (TPSA) is 55.6 Å². The Kier molecular flexibility index (Phi) is 5.05. The summed E-state index contributed by atoms with van der Waals surface area (Å²) in [4.78, 5) is 13.7. The number of piperidine rings is 1. The lowest BCUT2D eigenvalue weighted by Gasteiger charge is -2.32. The van der Waals surface area contributed by atoms with Gasteiger partial charge in [-0.05, 0) is 31.8 Å². The summed E-state index contributed by atoms with van der Waals surface area (Å²) in [6, 6.07) is 0. The summed E-state index contributed by atoms with van der Waals surface area (Å²) in [5.41, 5.74) is 5.59. The molecule has 0 radical (unpaired) electrons. The minimum atomic E-state index is -0.0694. The fraction of sp³-hybridized carbons (Fsp3) is 0.909. The average Bonchev–Trinajstić information content (AvgIpc) is 2.28. The summed E-state index contributed by atoms with van der Waals surface area (Å²) in [6.07, 6.45) is 2.04. The highest BCUT2D eigenvalue weighted by molar-refractivity contribution is 5.72. The summed E-state index contributed by atoms with van der Waals surface area (Å²) in [5.74, 6) is 0.496. The van der Waals surface area contributed by atoms with E-state index < -0.39 is 0 Å². The van der Waals surface area contributed by atoms with E-state index in [1.807, 2.05) is 0 Å². The Labute approximate surface area is 91.8 Å². The first kappa shape index (κ1) is 12.5. The zero-order valence-corrected chi connectivity index (χ0v) is 9.74. The Morgan fingerprint density at radius 2 is 2.40 bits per heavy atom. The van der Waals surface area contributed by atoms with Gasteiger partial charge in [-0.3, -0.25) is 4.79 Å². The van der Waals surface area contributed by atoms with Crippen LogP contribution >= 0.6 is 0 Å². The van der Waals surface area contributed by atoms with E-state index in [1.54, 1.807) is 0 Å². The van der Waals surface area contributed by atoms with Crippen LogP contribution < -0.4 is 5.73 Å². The molecule has 1 heterocycles. The highest BCUT2D eigenvalue weighted by Gasteiger charge is 2.26. The molecule has 0 bridgehead atoms. The van der Waals surface area contributed by atoms with Gasteiger partial charge in [0.25, 0.3) is 0 Å². The maximum Gasteiger partial charge on any atom is 0.309 e. The molecule has 2 unspecified atom stereocenters. The lowest BCUT2D eigenvalue weighted by Crippen LogP contribution is -2.42. The Bertz CT molecular complexity index is 209. The maximum atomic E-state index is 11.4. The van der Waals surface area contributed by atoms with Crippen LogP contribution in [0.3, 0.4) is 0 Å². The molecule has 0 aromatic rings. The summed E-state index contributed by atoms with van der Waals surface area (Å²) in [5, 5.41) is 0. The molecule has 0 saturated carbocycles. The number of ether oxygens (including phenoxy) is 1. The predicted octanol–water partition coefficient (Wildman–Crippen LogP) is 0.466. The summed E-state index contributed by atoms with van der Waals surface area (Å²) >= 11 is 0. The molecule has 0 aliphatic carbocycles. The number of hydrogen-bond acceptors (Lipinski definition) is 4. The Balaban J connectivity index is 2.38. The largest absolute Gasteiger partial charge is 0.469 e. The first-order valence-electron chi connectivity index (χ1n) is 5.67. The van der Waals surface area contributed by atoms with Gasteiger partial charge < -0.3 is 15.4 Å². The second-order valence-corrected chi connectivity index (χ2v) is 4.46. The second-order valence-electron chi connectivity index (χ2n) is 4.46. The van der Waals surface area contributed by atoms with Crippen molar-refractivity contribution in [3.05, 3.63) is 0 Å². The van der Waals surface area contributed by atoms with Crippen molar-refractivity contribution in [1.29, 1.82) is 0 Å². The van der Waals surface area contributed by atoms with Gasteiger partial charge in [0.2, 0.25) is 0 Å². The lowest BCUT2D eigenvalue weighted by atomic mass is 9.97. The highest BCUT2D eigenvalue weighted by Crippen LogP contribution is 2.18. The van der Waals surface area contributed by atoms with Crippen LogP contribution in [0.5, 0.6) is 0 Å². The molecular weight excluding hydrogens is 192 g/mol. The number of rotatable bonds is 4. The Morgan fingerprint density at radius 1 is 1.67 bits per heavy atom. The first-order valence-corrected chi connectivity index (χ1v) is 5.67. The molecule has 0 spiro atoms. The van der Waals surface area contributed by atoms with E-state index in [2.05, 4.69) is 11.8 Å². The number of esters is 1. The molecule has 15 heavy (non-hydrogen) atoms. The van der Waals surface area contributed by atoms with Crippen molar-refractivity contribution in [2.45, 2.75) is 19.8 Å². The third kappa shape index (κ3) is 3.80. The van der Waals surface area contributed by atoms with Crippen LogP contribution in [0.2, 0.25) is 0 Å². The molecule has 0 aromatic heterocycles. The van der Waals surface area contributed by atoms with E-state index >= 15 is 0 Å². The molecule has 88 valence electrons. The summed E-state index contributed by atoms with van der Waals surface area (Å²) in [6.45, 7) is 5.75. The molecule has 0 aromatic carbocycles. The van der Waals surface area contributed by atoms with Gasteiger partial charge in [0.1, 0.15) is 0 Å². The monoisotopic (exact) mass is 214 g/mol. The van der Waals surface area contributed by atoms with E-state index in [-0.39, 0.29) is 11.9 Å². The molecule has 2 atom stereocenters. The van der Waals surface area contributed by atoms with Crippen molar-refractivity contribution in [2.24, 2.45) is 17.6 Å². The molecule has 0 amide bonds. The van der Waals surface area contributed by atoms with Crippen molar-refractivity contribution >= 4 is 5.97 Å². The van der Waals surface area contributed by atoms with Gasteiger partial charge in [-0.25, -0.2) is 0 Å². The molecule has 1 rings (SSSR count). The van der Waals surface area contributed by atoms with Gasteiger partial charge in [-0.1, -0.05) is 6.92 Å². The van der Waals surface area contributed by atoms with Crippen LogP contribution in [0.15, 0.2) is 0 Å². The van der Waals surface area contributed by atoms with Crippen LogP contribution in [0, 0.1) is 11.8 Å². The van der Waals surface area contributed by atoms with Crippen molar-refractivity contribution < 1.29 is 9.53 Å². The van der Waals surface area contributed by atoms with Crippen molar-refractivity contribution in [1.82, 2.24) is 4.90 Å². The Hall–Kier alpha value is -0.610. The van der Waals surface area contributed by atoms with Crippen molar-refractivity contribution in [2.75, 3.05) is 33.3 Å². The molecule has 1 fully saturated rings. The molecule has 1 aliphatic heterocycles. The van der Waals surface area contributed by atoms with Gasteiger partial charge in [0, 0.05) is 13.1 Å². The maximum absolute atomic E-state index is 11.4. The predicted molar refractivity (Wildman–Crippen MR) is 59.4 cm³/mol. The normalized spacial score (nSPS) is 24.9. The van der Waals surface area contributed by atoms with Gasteiger partial charge in [0.05, 0.1) is 13.0 Å². The number of nitrogens with two attached hydrogens (primary N) is 1. The van der Waals surface area contributed by atoms with E-state index in [4.69, 9.17) is 10.5 Å². The molecule has 1 aliphatic rings. The lowest BCUT2D eigenvalue weighted by molar-refractivity contribution is -0.147. The second kappa shape index (κ2) is 6.08. The third-order valence-electron chi connectivity index (χ3n) is 3.01. The van der Waals surface area contributed by atoms with Gasteiger partial charge >= 0.3 is 5.97 Å². The fourth-order valence-corrected chi connectivity index (χ4v) is 2.10. The third-order valence-corrected chi connectivity index (χ3v) is 3.01. The smallest absolute Gasteiger partial charge is 0.309 e. The van der Waals surface area contributed by atoms with E-state index in [0.717, 1.165) is 32.5 Å². The van der Waals surface area contributed by atoms with Crippen LogP contribution in [0.1, 0.15) is 19.8 Å². The van der Waals surface area contributed by atoms with Crippen molar-refractivity contribution in [3.63, 3.8) is 0 Å². The standard InChI is InChI=1S/C11H22N2O2/c1-9(6-12)7-13-5-3-4-10(8-13)11(14)15-2/h9-10H,3-8,12H2,1-2H3. The molecular formula is C11H22N2O2. The van der Waals surface area contributed by atoms with Crippen LogP contribution in [0.4, 0.5) is 0 Å². The number of hydrogen-bond donors (Lipinski definition) is 1. The molecule has 1 saturated heterocycles. The average molecular weight is 214 g/mol. The quantitative estimate of drug-likeness (QED) is 0.691. The molecule has 4 heteroatoms. The zero-order valence-electron chi connectivity index (χ0n) is 9.74. The number of methoxy groups -OCH3 is 1. The van der Waals surface area contributed by atoms with Gasteiger partial charge in [-0.2, -0.15) is 0 Å². The van der Waals surface area contributed by atoms with E-state index in [9.17, 15) is 4.79 Å². The van der Waals surface area contributed by atoms with Gasteiger partial charge in [0.15, 0.2) is 0 Å². The minimum absolute atomic E-state index is 0.0636. The number of carbonyl (C=O) groups excluding carboxylic acids is 1. The number of nitrogens with zero attached hydrogens (tertiary/aromatic N) is 1. The van der Waals surface area contributed by atoms with Crippen LogP contribution in [-0.2, 0) is 9.53 Å². The van der Waals surface area contributed by atoms with Gasteiger partial charge in [-0.15, -0.1) is 0 Å². The van der Waals surface area contributed by atoms with Crippen LogP contribution in [-0.4, -0.2) is 44.2 Å². The molecule has 4 nitrogen and oxygen atoms in total. The number of carbonyl (C=O) groups is 1. The molecule has 2 N–H and O–H groups in total. The summed E-state index contributed by atoms with van der Waals surface area (Å²) in [7, 11) is 1.46. The highest BCUT2D eigenvalue weighted by atomic mass is 16.5. The van der Waals surface area contributed by atoms with Crippen molar-refractivity contribution in [3.8, 4) is 0 Å². The zero-order chi connectivity index (χ0) is 11.3. The fourth-order valence-electron chi connectivity index (χ4n) is 2.10. The van der Waals surface area contributed by atoms with E-state index in [1.165, 1.54) is 7.11 Å². The SMILES string of the molecule is COC(=O)C1CCCN(CC(C)CN)C1. The van der Waals surface area contributed by atoms with E-state index in [0.29, 0.717) is 12.5 Å². The number of likely N-dealkylation sites (tertiary alicyclic amines) is 1. The Morgan fingerprint density at radius 3 is 3.00 bits per heavy atom. The van der Waals surface area contributed by atoms with Crippen LogP contribution in [0.25, 0.3) is 0 Å².